The average molecular weight is 471 g/mol. The molecule has 6 heteroatoms. The number of rotatable bonds is 7. The second kappa shape index (κ2) is 10.3. The summed E-state index contributed by atoms with van der Waals surface area (Å²) < 4.78 is 0. The molecule has 0 spiro atoms. The van der Waals surface area contributed by atoms with E-state index in [4.69, 9.17) is 4.99 Å². The Kier molecular flexibility index (Phi) is 8.47. The van der Waals surface area contributed by atoms with Gasteiger partial charge in [-0.3, -0.25) is 9.89 Å². The minimum absolute atomic E-state index is 0. The minimum Gasteiger partial charge on any atom is -0.369 e. The van der Waals surface area contributed by atoms with Crippen molar-refractivity contribution in [2.24, 2.45) is 4.99 Å². The smallest absolute Gasteiger partial charge is 0.191 e. The van der Waals surface area contributed by atoms with Crippen molar-refractivity contribution in [3.05, 3.63) is 30.3 Å². The van der Waals surface area contributed by atoms with Gasteiger partial charge in [-0.25, -0.2) is 0 Å². The third kappa shape index (κ3) is 6.01. The van der Waals surface area contributed by atoms with E-state index >= 15 is 0 Å². The number of para-hydroxylation sites is 1. The van der Waals surface area contributed by atoms with E-state index in [1.54, 1.807) is 0 Å². The summed E-state index contributed by atoms with van der Waals surface area (Å²) in [6.45, 7) is 8.28. The molecule has 2 unspecified atom stereocenters. The highest BCUT2D eigenvalue weighted by atomic mass is 127. The van der Waals surface area contributed by atoms with Crippen molar-refractivity contribution < 1.29 is 0 Å². The van der Waals surface area contributed by atoms with Gasteiger partial charge in [0.05, 0.1) is 6.54 Å². The second-order valence-corrected chi connectivity index (χ2v) is 7.38. The first kappa shape index (κ1) is 21.3. The molecule has 26 heavy (non-hydrogen) atoms. The van der Waals surface area contributed by atoms with Gasteiger partial charge in [0, 0.05) is 43.4 Å². The van der Waals surface area contributed by atoms with E-state index in [-0.39, 0.29) is 24.0 Å². The normalized spacial score (nSPS) is 21.5. The van der Waals surface area contributed by atoms with Crippen LogP contribution in [0.25, 0.3) is 0 Å². The first-order chi connectivity index (χ1) is 12.2. The Morgan fingerprint density at radius 3 is 2.65 bits per heavy atom. The van der Waals surface area contributed by atoms with Gasteiger partial charge in [-0.15, -0.1) is 24.0 Å². The summed E-state index contributed by atoms with van der Waals surface area (Å²) >= 11 is 0. The largest absolute Gasteiger partial charge is 0.369 e. The summed E-state index contributed by atoms with van der Waals surface area (Å²) in [6, 6.07) is 12.4. The molecule has 2 N–H and O–H groups in total. The van der Waals surface area contributed by atoms with Crippen molar-refractivity contribution in [2.75, 3.05) is 38.1 Å². The van der Waals surface area contributed by atoms with Crippen LogP contribution in [0.15, 0.2) is 35.3 Å². The summed E-state index contributed by atoms with van der Waals surface area (Å²) in [5, 5.41) is 7.04. The molecule has 5 nitrogen and oxygen atoms in total. The molecule has 2 fully saturated rings. The molecule has 0 bridgehead atoms. The number of hydrogen-bond donors (Lipinski definition) is 2. The van der Waals surface area contributed by atoms with Crippen LogP contribution in [0, 0.1) is 0 Å². The van der Waals surface area contributed by atoms with E-state index in [1.165, 1.54) is 18.5 Å². The van der Waals surface area contributed by atoms with Gasteiger partial charge in [-0.05, 0) is 52.3 Å². The van der Waals surface area contributed by atoms with Gasteiger partial charge in [-0.1, -0.05) is 18.2 Å². The summed E-state index contributed by atoms with van der Waals surface area (Å²) in [5.74, 6) is 0.957. The number of aliphatic imine (C=N–C) groups is 1. The fourth-order valence-corrected chi connectivity index (χ4v) is 3.46. The Labute approximate surface area is 175 Å². The van der Waals surface area contributed by atoms with E-state index in [0.29, 0.717) is 12.1 Å². The zero-order chi connectivity index (χ0) is 17.6. The van der Waals surface area contributed by atoms with Gasteiger partial charge in [-0.2, -0.15) is 0 Å². The van der Waals surface area contributed by atoms with Crippen LogP contribution >= 0.6 is 24.0 Å². The number of guanidine groups is 1. The fraction of sp³-hybridized carbons (Fsp3) is 0.650. The first-order valence-corrected chi connectivity index (χ1v) is 9.74. The Morgan fingerprint density at radius 2 is 2.00 bits per heavy atom. The molecule has 0 aromatic heterocycles. The van der Waals surface area contributed by atoms with Crippen LogP contribution in [0.3, 0.4) is 0 Å². The van der Waals surface area contributed by atoms with E-state index in [9.17, 15) is 0 Å². The molecule has 1 aliphatic carbocycles. The van der Waals surface area contributed by atoms with Crippen molar-refractivity contribution in [3.8, 4) is 0 Å². The van der Waals surface area contributed by atoms with Crippen LogP contribution in [0.4, 0.5) is 5.69 Å². The molecule has 2 aliphatic rings. The van der Waals surface area contributed by atoms with Gasteiger partial charge < -0.3 is 15.5 Å². The molecular weight excluding hydrogens is 437 g/mol. The van der Waals surface area contributed by atoms with Crippen molar-refractivity contribution >= 4 is 35.6 Å². The molecule has 146 valence electrons. The number of benzene rings is 1. The minimum atomic E-state index is 0. The molecule has 1 saturated carbocycles. The maximum atomic E-state index is 4.84. The van der Waals surface area contributed by atoms with E-state index in [1.807, 2.05) is 0 Å². The molecule has 1 aromatic carbocycles. The third-order valence-electron chi connectivity index (χ3n) is 5.33. The van der Waals surface area contributed by atoms with Crippen LogP contribution in [0.1, 0.15) is 33.1 Å². The number of anilines is 1. The molecular formula is C20H34IN5. The number of halogens is 1. The average Bonchev–Trinajstić information content (AvgIpc) is 3.38. The van der Waals surface area contributed by atoms with Crippen molar-refractivity contribution in [2.45, 2.75) is 51.2 Å². The third-order valence-corrected chi connectivity index (χ3v) is 5.33. The van der Waals surface area contributed by atoms with Gasteiger partial charge >= 0.3 is 0 Å². The zero-order valence-corrected chi connectivity index (χ0v) is 18.6. The molecule has 1 heterocycles. The van der Waals surface area contributed by atoms with Crippen LogP contribution in [-0.4, -0.2) is 62.2 Å². The van der Waals surface area contributed by atoms with Gasteiger partial charge in [0.25, 0.3) is 0 Å². The van der Waals surface area contributed by atoms with Gasteiger partial charge in [0.1, 0.15) is 0 Å². The number of nitrogens with zero attached hydrogens (tertiary/aromatic N) is 3. The lowest BCUT2D eigenvalue weighted by molar-refractivity contribution is 0.253. The molecule has 1 aromatic rings. The predicted octanol–water partition coefficient (Wildman–Crippen LogP) is 2.92. The summed E-state index contributed by atoms with van der Waals surface area (Å²) in [6.07, 6.45) is 3.84. The van der Waals surface area contributed by atoms with Gasteiger partial charge in [0.2, 0.25) is 0 Å². The van der Waals surface area contributed by atoms with Crippen LogP contribution in [-0.2, 0) is 0 Å². The maximum Gasteiger partial charge on any atom is 0.191 e. The van der Waals surface area contributed by atoms with Crippen molar-refractivity contribution in [1.29, 1.82) is 0 Å². The fourth-order valence-electron chi connectivity index (χ4n) is 3.46. The highest BCUT2D eigenvalue weighted by Crippen LogP contribution is 2.26. The Hall–Kier alpha value is -1.02. The predicted molar refractivity (Wildman–Crippen MR) is 122 cm³/mol. The second-order valence-electron chi connectivity index (χ2n) is 7.38. The highest BCUT2D eigenvalue weighted by Gasteiger charge is 2.29. The quantitative estimate of drug-likeness (QED) is 0.365. The topological polar surface area (TPSA) is 42.9 Å². The zero-order valence-electron chi connectivity index (χ0n) is 16.3. The van der Waals surface area contributed by atoms with Crippen LogP contribution < -0.4 is 15.5 Å². The lowest BCUT2D eigenvalue weighted by atomic mass is 10.2. The lowest BCUT2D eigenvalue weighted by Crippen LogP contribution is -2.45. The standard InChI is InChI=1S/C20H33N5.HI/c1-4-21-20(22-14-16(2)24(3)18-10-11-18)23-17-12-13-25(15-17)19-8-6-5-7-9-19;/h5-9,16-18H,4,10-15H2,1-3H3,(H2,21,22,23);1H. The monoisotopic (exact) mass is 471 g/mol. The lowest BCUT2D eigenvalue weighted by Gasteiger charge is -2.24. The number of likely N-dealkylation sites (N-methyl/N-ethyl adjacent to an activating group) is 1. The Morgan fingerprint density at radius 1 is 1.27 bits per heavy atom. The Balaban J connectivity index is 0.00000243. The van der Waals surface area contributed by atoms with E-state index < -0.39 is 0 Å². The van der Waals surface area contributed by atoms with Crippen LogP contribution in [0.2, 0.25) is 0 Å². The molecule has 1 aliphatic heterocycles. The molecule has 2 atom stereocenters. The molecule has 0 radical (unpaired) electrons. The molecule has 0 amide bonds. The molecule has 3 rings (SSSR count). The van der Waals surface area contributed by atoms with E-state index in [2.05, 4.69) is 71.7 Å². The van der Waals surface area contributed by atoms with Crippen molar-refractivity contribution in [1.82, 2.24) is 15.5 Å². The highest BCUT2D eigenvalue weighted by molar-refractivity contribution is 14.0. The maximum absolute atomic E-state index is 4.84. The van der Waals surface area contributed by atoms with Crippen LogP contribution in [0.5, 0.6) is 0 Å². The number of nitrogens with one attached hydrogen (secondary N) is 2. The first-order valence-electron chi connectivity index (χ1n) is 9.74. The Bertz CT molecular complexity index is 561. The summed E-state index contributed by atoms with van der Waals surface area (Å²) in [5.41, 5.74) is 1.31. The van der Waals surface area contributed by atoms with Gasteiger partial charge in [0.15, 0.2) is 5.96 Å². The van der Waals surface area contributed by atoms with Crippen molar-refractivity contribution in [3.63, 3.8) is 0 Å². The SMILES string of the molecule is CCNC(=NCC(C)N(C)C1CC1)NC1CCN(c2ccccc2)C1.I. The summed E-state index contributed by atoms with van der Waals surface area (Å²) in [4.78, 5) is 9.76. The molecule has 1 saturated heterocycles. The summed E-state index contributed by atoms with van der Waals surface area (Å²) in [7, 11) is 2.23. The van der Waals surface area contributed by atoms with E-state index in [0.717, 1.165) is 44.6 Å². The number of hydrogen-bond acceptors (Lipinski definition) is 3.